The van der Waals surface area contributed by atoms with Crippen LogP contribution in [-0.4, -0.2) is 47.5 Å². The van der Waals surface area contributed by atoms with Crippen molar-refractivity contribution in [3.63, 3.8) is 0 Å². The van der Waals surface area contributed by atoms with Crippen molar-refractivity contribution in [2.75, 3.05) is 19.6 Å². The maximum Gasteiger partial charge on any atom is 0.261 e. The molecule has 0 aromatic heterocycles. The number of nitrogens with two attached hydrogens (primary N) is 1. The van der Waals surface area contributed by atoms with Crippen LogP contribution in [0.3, 0.4) is 0 Å². The van der Waals surface area contributed by atoms with E-state index in [-0.39, 0.29) is 12.6 Å². The average Bonchev–Trinajstić information content (AvgIpc) is 2.45. The average molecular weight is 295 g/mol. The van der Waals surface area contributed by atoms with Crippen molar-refractivity contribution in [3.8, 4) is 5.75 Å². The van der Waals surface area contributed by atoms with E-state index in [1.165, 1.54) is 17.0 Å². The molecule has 114 valence electrons. The number of hydrogen-bond acceptors (Lipinski definition) is 4. The van der Waals surface area contributed by atoms with Crippen molar-refractivity contribution < 1.29 is 19.1 Å². The van der Waals surface area contributed by atoms with Crippen molar-refractivity contribution >= 4 is 11.8 Å². The molecule has 1 aromatic carbocycles. The van der Waals surface area contributed by atoms with Gasteiger partial charge in [-0.2, -0.15) is 0 Å². The van der Waals surface area contributed by atoms with Crippen LogP contribution in [0.5, 0.6) is 5.75 Å². The molecule has 6 nitrogen and oxygen atoms in total. The number of carbonyl (C=O) groups is 2. The first-order valence-corrected chi connectivity index (χ1v) is 6.78. The number of amides is 2. The third-order valence-electron chi connectivity index (χ3n) is 3.50. The van der Waals surface area contributed by atoms with E-state index < -0.39 is 28.9 Å². The molecule has 0 spiro atoms. The molecular weight excluding hydrogens is 277 g/mol. The summed E-state index contributed by atoms with van der Waals surface area (Å²) in [5.41, 5.74) is 4.76. The fourth-order valence-corrected chi connectivity index (χ4v) is 2.50. The van der Waals surface area contributed by atoms with Gasteiger partial charge in [0.05, 0.1) is 6.54 Å². The quantitative estimate of drug-likeness (QED) is 0.740. The molecule has 1 aromatic rings. The fourth-order valence-electron chi connectivity index (χ4n) is 2.50. The van der Waals surface area contributed by atoms with E-state index in [1.54, 1.807) is 0 Å². The lowest BCUT2D eigenvalue weighted by molar-refractivity contribution is -0.119. The van der Waals surface area contributed by atoms with E-state index in [0.717, 1.165) is 19.0 Å². The van der Waals surface area contributed by atoms with Gasteiger partial charge in [-0.3, -0.25) is 9.59 Å². The number of phenols is 1. The Morgan fingerprint density at radius 3 is 2.81 bits per heavy atom. The van der Waals surface area contributed by atoms with Gasteiger partial charge in [-0.1, -0.05) is 6.07 Å². The lowest BCUT2D eigenvalue weighted by Gasteiger charge is -2.34. The first kappa shape index (κ1) is 15.2. The van der Waals surface area contributed by atoms with Gasteiger partial charge in [0.1, 0.15) is 17.1 Å². The Balaban J connectivity index is 2.31. The maximum atomic E-state index is 13.8. The molecule has 0 bridgehead atoms. The number of piperidine rings is 1. The summed E-state index contributed by atoms with van der Waals surface area (Å²) in [6, 6.07) is 3.38. The minimum absolute atomic E-state index is 0.252. The highest BCUT2D eigenvalue weighted by Crippen LogP contribution is 2.23. The summed E-state index contributed by atoms with van der Waals surface area (Å²) in [5.74, 6) is -2.67. The third-order valence-corrected chi connectivity index (χ3v) is 3.50. The molecule has 1 fully saturated rings. The molecule has 2 rings (SSSR count). The number of benzene rings is 1. The monoisotopic (exact) mass is 295 g/mol. The Bertz CT molecular complexity index is 524. The second-order valence-electron chi connectivity index (χ2n) is 5.03. The van der Waals surface area contributed by atoms with Crippen LogP contribution >= 0.6 is 0 Å². The molecule has 7 heteroatoms. The van der Waals surface area contributed by atoms with Crippen molar-refractivity contribution in [2.24, 2.45) is 5.73 Å². The van der Waals surface area contributed by atoms with E-state index in [4.69, 9.17) is 5.73 Å². The van der Waals surface area contributed by atoms with Crippen molar-refractivity contribution in [1.82, 2.24) is 10.2 Å². The van der Waals surface area contributed by atoms with Gasteiger partial charge >= 0.3 is 0 Å². The molecule has 1 aliphatic rings. The molecule has 0 saturated carbocycles. The standard InChI is InChI=1S/C14H18FN3O3/c15-10-4-1-5-11(19)13(10)14(21)18(8-12(16)20)9-3-2-6-17-7-9/h1,4-5,9,17,19H,2-3,6-8H2,(H2,16,20). The van der Waals surface area contributed by atoms with Crippen LogP contribution in [0.2, 0.25) is 0 Å². The Kier molecular flexibility index (Phi) is 4.74. The van der Waals surface area contributed by atoms with Gasteiger partial charge in [0, 0.05) is 12.6 Å². The van der Waals surface area contributed by atoms with Gasteiger partial charge in [-0.15, -0.1) is 0 Å². The van der Waals surface area contributed by atoms with Gasteiger partial charge in [-0.05, 0) is 31.5 Å². The van der Waals surface area contributed by atoms with Crippen LogP contribution in [-0.2, 0) is 4.79 Å². The highest BCUT2D eigenvalue weighted by molar-refractivity contribution is 5.99. The summed E-state index contributed by atoms with van der Waals surface area (Å²) < 4.78 is 13.8. The van der Waals surface area contributed by atoms with Crippen LogP contribution in [0.1, 0.15) is 23.2 Å². The van der Waals surface area contributed by atoms with Crippen LogP contribution in [0.15, 0.2) is 18.2 Å². The molecule has 0 radical (unpaired) electrons. The first-order chi connectivity index (χ1) is 10.0. The van der Waals surface area contributed by atoms with Crippen LogP contribution in [0, 0.1) is 5.82 Å². The van der Waals surface area contributed by atoms with E-state index in [1.807, 2.05) is 0 Å². The Labute approximate surface area is 121 Å². The topological polar surface area (TPSA) is 95.7 Å². The molecule has 1 unspecified atom stereocenters. The smallest absolute Gasteiger partial charge is 0.261 e. The lowest BCUT2D eigenvalue weighted by atomic mass is 10.0. The predicted octanol–water partition coefficient (Wildman–Crippen LogP) is 0.211. The van der Waals surface area contributed by atoms with E-state index in [2.05, 4.69) is 5.32 Å². The highest BCUT2D eigenvalue weighted by Gasteiger charge is 2.30. The fraction of sp³-hybridized carbons (Fsp3) is 0.429. The molecule has 0 aliphatic carbocycles. The zero-order valence-electron chi connectivity index (χ0n) is 11.5. The summed E-state index contributed by atoms with van der Waals surface area (Å²) >= 11 is 0. The van der Waals surface area contributed by atoms with Gasteiger partial charge in [-0.25, -0.2) is 4.39 Å². The van der Waals surface area contributed by atoms with Crippen LogP contribution < -0.4 is 11.1 Å². The number of nitrogens with one attached hydrogen (secondary N) is 1. The number of halogens is 1. The normalized spacial score (nSPS) is 18.2. The zero-order valence-corrected chi connectivity index (χ0v) is 11.5. The lowest BCUT2D eigenvalue weighted by Crippen LogP contribution is -2.51. The maximum absolute atomic E-state index is 13.8. The molecular formula is C14H18FN3O3. The number of carbonyl (C=O) groups excluding carboxylic acids is 2. The summed E-state index contributed by atoms with van der Waals surface area (Å²) in [6.07, 6.45) is 1.54. The Morgan fingerprint density at radius 1 is 1.48 bits per heavy atom. The molecule has 1 aliphatic heterocycles. The molecule has 4 N–H and O–H groups in total. The van der Waals surface area contributed by atoms with Crippen molar-refractivity contribution in [3.05, 3.63) is 29.6 Å². The zero-order chi connectivity index (χ0) is 15.4. The minimum Gasteiger partial charge on any atom is -0.507 e. The Morgan fingerprint density at radius 2 is 2.24 bits per heavy atom. The van der Waals surface area contributed by atoms with E-state index in [9.17, 15) is 19.1 Å². The number of aromatic hydroxyl groups is 1. The van der Waals surface area contributed by atoms with Gasteiger partial charge in [0.25, 0.3) is 5.91 Å². The number of hydrogen-bond donors (Lipinski definition) is 3. The summed E-state index contributed by atoms with van der Waals surface area (Å²) in [4.78, 5) is 25.0. The van der Waals surface area contributed by atoms with Gasteiger partial charge in [0.2, 0.25) is 5.91 Å². The van der Waals surface area contributed by atoms with Gasteiger partial charge in [0.15, 0.2) is 0 Å². The number of nitrogens with zero attached hydrogens (tertiary/aromatic N) is 1. The van der Waals surface area contributed by atoms with E-state index in [0.29, 0.717) is 13.0 Å². The number of primary amides is 1. The van der Waals surface area contributed by atoms with Crippen molar-refractivity contribution in [2.45, 2.75) is 18.9 Å². The van der Waals surface area contributed by atoms with Crippen LogP contribution in [0.25, 0.3) is 0 Å². The molecule has 2 amide bonds. The predicted molar refractivity (Wildman–Crippen MR) is 74.2 cm³/mol. The Hall–Kier alpha value is -2.15. The first-order valence-electron chi connectivity index (χ1n) is 6.78. The summed E-state index contributed by atoms with van der Waals surface area (Å²) in [5, 5.41) is 12.8. The molecule has 1 saturated heterocycles. The number of phenolic OH excluding ortho intramolecular Hbond substituents is 1. The molecule has 21 heavy (non-hydrogen) atoms. The molecule has 1 atom stereocenters. The highest BCUT2D eigenvalue weighted by atomic mass is 19.1. The summed E-state index contributed by atoms with van der Waals surface area (Å²) in [7, 11) is 0. The third kappa shape index (κ3) is 3.49. The van der Waals surface area contributed by atoms with E-state index >= 15 is 0 Å². The van der Waals surface area contributed by atoms with Gasteiger partial charge < -0.3 is 21.1 Å². The second-order valence-corrected chi connectivity index (χ2v) is 5.03. The molecule has 1 heterocycles. The SMILES string of the molecule is NC(=O)CN(C(=O)c1c(O)cccc1F)C1CCCNC1. The largest absolute Gasteiger partial charge is 0.507 e. The summed E-state index contributed by atoms with van der Waals surface area (Å²) in [6.45, 7) is 1.03. The van der Waals surface area contributed by atoms with Crippen LogP contribution in [0.4, 0.5) is 4.39 Å². The number of rotatable bonds is 4. The van der Waals surface area contributed by atoms with Crippen molar-refractivity contribution in [1.29, 1.82) is 0 Å². The minimum atomic E-state index is -0.821. The second kappa shape index (κ2) is 6.53.